The number of alkyl carbamates (subject to hydrolysis) is 1. The second-order valence-corrected chi connectivity index (χ2v) is 21.4. The highest BCUT2D eigenvalue weighted by Crippen LogP contribution is 2.61. The van der Waals surface area contributed by atoms with E-state index in [0.717, 1.165) is 16.0 Å². The molecule has 1 aromatic carbocycles. The number of hydrogen-bond donors (Lipinski definition) is 3. The number of fused-ring (bicyclic) bond motifs is 5. The first-order chi connectivity index (χ1) is 39.2. The van der Waals surface area contributed by atoms with Crippen LogP contribution in [0.3, 0.4) is 0 Å². The van der Waals surface area contributed by atoms with E-state index in [1.807, 2.05) is 32.9 Å². The van der Waals surface area contributed by atoms with Crippen LogP contribution in [0.4, 0.5) is 10.5 Å². The molecule has 8 atom stereocenters. The van der Waals surface area contributed by atoms with E-state index in [1.54, 1.807) is 43.1 Å². The first kappa shape index (κ1) is 64.8. The topological polar surface area (TPSA) is 287 Å². The molecular formula is C56H79ClN8O17. The summed E-state index contributed by atoms with van der Waals surface area (Å²) in [5.74, 6) is -2.83. The van der Waals surface area contributed by atoms with Gasteiger partial charge in [0.05, 0.1) is 104 Å². The number of imide groups is 1. The average Bonchev–Trinajstić information content (AvgIpc) is 4.02. The Bertz CT molecular complexity index is 2630. The Morgan fingerprint density at radius 3 is 2.29 bits per heavy atom. The second-order valence-electron chi connectivity index (χ2n) is 21.0. The molecule has 82 heavy (non-hydrogen) atoms. The van der Waals surface area contributed by atoms with Crippen LogP contribution < -0.4 is 20.3 Å². The lowest BCUT2D eigenvalue weighted by molar-refractivity contribution is -0.163. The first-order valence-corrected chi connectivity index (χ1v) is 27.8. The number of nitrogens with one attached hydrogen (secondary N) is 2. The highest BCUT2D eigenvalue weighted by Gasteiger charge is 2.62. The largest absolute Gasteiger partial charge is 0.495 e. The van der Waals surface area contributed by atoms with Gasteiger partial charge in [-0.3, -0.25) is 34.2 Å². The van der Waals surface area contributed by atoms with Gasteiger partial charge in [-0.1, -0.05) is 54.5 Å². The standard InChI is InChI=1S/C56H79ClN8O17/c1-36-10-9-11-45(75-8)56(73)33-44(81-54(72)59-56)37(2)41-32-55(41,4)46(31-51(70)63(6)42-29-39(28-36)30-43(74-7)52(42)57)82-53(71)38(3)62(5)48(67)15-19-76-21-18-64-34-40(60-61-64)35-80-27-26-79-25-24-78-23-22-77-20-16-58-47(66)14-17-65-49(68)12-13-50(65)69/h9-13,29-30,34,37-38,41,44-46,73H,14-28,31-33,35H2,1-8H3,(H,58,66)(H,59,72)/b11-9+,36-10+/t37-,38-,41-,44-,45?,46-,55-,56-/m0/s1. The fourth-order valence-electron chi connectivity index (χ4n) is 9.94. The molecule has 0 spiro atoms. The van der Waals surface area contributed by atoms with Crippen LogP contribution in [0.25, 0.3) is 0 Å². The van der Waals surface area contributed by atoms with Crippen molar-refractivity contribution in [3.8, 4) is 5.75 Å². The number of aromatic nitrogens is 3. The zero-order valence-electron chi connectivity index (χ0n) is 48.1. The Labute approximate surface area is 482 Å². The van der Waals surface area contributed by atoms with E-state index in [9.17, 15) is 38.7 Å². The molecular weight excluding hydrogens is 1090 g/mol. The number of carbonyl (C=O) groups excluding carboxylic acids is 7. The maximum atomic E-state index is 14.4. The van der Waals surface area contributed by atoms with Crippen molar-refractivity contribution in [3.63, 3.8) is 0 Å². The third-order valence-corrected chi connectivity index (χ3v) is 15.5. The molecule has 1 saturated heterocycles. The molecule has 3 aliphatic heterocycles. The number of halogens is 1. The fourth-order valence-corrected chi connectivity index (χ4v) is 10.2. The number of rotatable bonds is 28. The van der Waals surface area contributed by atoms with Gasteiger partial charge in [0.2, 0.25) is 17.7 Å². The number of allylic oxidation sites excluding steroid dienone is 3. The van der Waals surface area contributed by atoms with Gasteiger partial charge in [-0.25, -0.2) is 14.3 Å². The normalized spacial score (nSPS) is 25.1. The van der Waals surface area contributed by atoms with E-state index in [1.165, 1.54) is 43.2 Å². The van der Waals surface area contributed by atoms with Crippen molar-refractivity contribution in [2.24, 2.45) is 17.3 Å². The van der Waals surface area contributed by atoms with Gasteiger partial charge in [-0.2, -0.15) is 0 Å². The summed E-state index contributed by atoms with van der Waals surface area (Å²) in [5, 5.41) is 25.6. The molecule has 4 heterocycles. The zero-order chi connectivity index (χ0) is 59.6. The summed E-state index contributed by atoms with van der Waals surface area (Å²) in [6, 6.07) is 2.56. The van der Waals surface area contributed by atoms with E-state index in [2.05, 4.69) is 20.9 Å². The molecule has 6 amide bonds. The molecule has 1 aliphatic carbocycles. The van der Waals surface area contributed by atoms with E-state index in [-0.39, 0.29) is 93.9 Å². The number of hydrogen-bond acceptors (Lipinski definition) is 19. The van der Waals surface area contributed by atoms with Gasteiger partial charge in [-0.15, -0.1) is 5.10 Å². The molecule has 3 N–H and O–H groups in total. The van der Waals surface area contributed by atoms with Gasteiger partial charge in [0.1, 0.15) is 40.8 Å². The van der Waals surface area contributed by atoms with Gasteiger partial charge in [0.25, 0.3) is 11.8 Å². The number of carbonyl (C=O) groups is 7. The van der Waals surface area contributed by atoms with Crippen LogP contribution in [0.2, 0.25) is 5.02 Å². The molecule has 4 bridgehead atoms. The number of anilines is 1. The summed E-state index contributed by atoms with van der Waals surface area (Å²) in [4.78, 5) is 93.8. The van der Waals surface area contributed by atoms with E-state index in [4.69, 9.17) is 54.2 Å². The van der Waals surface area contributed by atoms with Crippen LogP contribution in [-0.2, 0) is 86.2 Å². The number of likely N-dealkylation sites (N-methyl/N-ethyl adjacent to an activating group) is 1. The van der Waals surface area contributed by atoms with Crippen molar-refractivity contribution in [1.29, 1.82) is 0 Å². The summed E-state index contributed by atoms with van der Waals surface area (Å²) in [7, 11) is 6.03. The molecule has 4 aliphatic rings. The molecule has 2 aromatic rings. The Balaban J connectivity index is 0.905. The fraction of sp³-hybridized carbons (Fsp3) is 0.625. The lowest BCUT2D eigenvalue weighted by Crippen LogP contribution is -2.63. The van der Waals surface area contributed by atoms with E-state index in [0.29, 0.717) is 76.2 Å². The number of aliphatic hydroxyl groups is 1. The highest BCUT2D eigenvalue weighted by molar-refractivity contribution is 6.35. The third kappa shape index (κ3) is 18.1. The molecule has 2 fully saturated rings. The number of methoxy groups -OCH3 is 2. The highest BCUT2D eigenvalue weighted by atomic mass is 35.5. The minimum Gasteiger partial charge on any atom is -0.495 e. The predicted octanol–water partition coefficient (Wildman–Crippen LogP) is 3.08. The van der Waals surface area contributed by atoms with Crippen molar-refractivity contribution < 1.29 is 81.3 Å². The number of ether oxygens (including phenoxy) is 9. The summed E-state index contributed by atoms with van der Waals surface area (Å²) >= 11 is 6.84. The van der Waals surface area contributed by atoms with Crippen LogP contribution in [0.15, 0.2) is 54.3 Å². The number of benzene rings is 1. The quantitative estimate of drug-likeness (QED) is 0.0627. The summed E-state index contributed by atoms with van der Waals surface area (Å²) < 4.78 is 52.9. The lowest BCUT2D eigenvalue weighted by Gasteiger charge is -2.42. The minimum atomic E-state index is -1.82. The van der Waals surface area contributed by atoms with Crippen molar-refractivity contribution in [2.45, 2.75) is 109 Å². The maximum absolute atomic E-state index is 14.4. The van der Waals surface area contributed by atoms with Crippen LogP contribution in [0.5, 0.6) is 5.75 Å². The Kier molecular flexibility index (Phi) is 24.4. The van der Waals surface area contributed by atoms with Gasteiger partial charge in [0, 0.05) is 64.7 Å². The van der Waals surface area contributed by atoms with Crippen molar-refractivity contribution in [1.82, 2.24) is 35.4 Å². The van der Waals surface area contributed by atoms with Crippen molar-refractivity contribution >= 4 is 58.9 Å². The van der Waals surface area contributed by atoms with E-state index >= 15 is 0 Å². The second kappa shape index (κ2) is 30.8. The number of nitrogens with zero attached hydrogens (tertiary/aromatic N) is 6. The smallest absolute Gasteiger partial charge is 0.409 e. The summed E-state index contributed by atoms with van der Waals surface area (Å²) in [6.07, 6.45) is 6.54. The molecule has 25 nitrogen and oxygen atoms in total. The Morgan fingerprint density at radius 2 is 1.61 bits per heavy atom. The van der Waals surface area contributed by atoms with Gasteiger partial charge in [-0.05, 0) is 56.2 Å². The van der Waals surface area contributed by atoms with Crippen LogP contribution in [0, 0.1) is 17.3 Å². The van der Waals surface area contributed by atoms with Gasteiger partial charge in [0.15, 0.2) is 5.72 Å². The number of amides is 6. The third-order valence-electron chi connectivity index (χ3n) is 15.1. The van der Waals surface area contributed by atoms with Gasteiger partial charge >= 0.3 is 12.1 Å². The monoisotopic (exact) mass is 1170 g/mol. The first-order valence-electron chi connectivity index (χ1n) is 27.4. The lowest BCUT2D eigenvalue weighted by atomic mass is 9.83. The molecule has 6 rings (SSSR count). The van der Waals surface area contributed by atoms with Crippen molar-refractivity contribution in [3.05, 3.63) is 70.6 Å². The average molecular weight is 1170 g/mol. The maximum Gasteiger partial charge on any atom is 0.409 e. The molecule has 1 saturated carbocycles. The molecule has 0 radical (unpaired) electrons. The minimum absolute atomic E-state index is 0.00983. The summed E-state index contributed by atoms with van der Waals surface area (Å²) in [5.41, 5.74) is 0.122. The zero-order valence-corrected chi connectivity index (χ0v) is 48.8. The SMILES string of the molecule is COc1cc2cc(c1Cl)N(C)C(=O)C[C@H](OC(=O)[C@H](C)N(C)C(=O)CCOCCn1cc(COCCOCCOCCOCCNC(=O)CCN3C(=O)C=CC3=O)nn1)[C@@]1(C)C[C@H]1[C@H](C)[C@@H]1C[C@@](O)(NC(=O)O1)C(OC)/C=C/C=C(\C)C2. The Morgan fingerprint density at radius 1 is 0.939 bits per heavy atom. The van der Waals surface area contributed by atoms with Gasteiger partial charge < -0.3 is 62.9 Å². The van der Waals surface area contributed by atoms with Crippen LogP contribution in [-0.4, -0.2) is 202 Å². The molecule has 452 valence electrons. The van der Waals surface area contributed by atoms with Crippen LogP contribution >= 0.6 is 11.6 Å². The molecule has 26 heteroatoms. The van der Waals surface area contributed by atoms with E-state index < -0.39 is 65.3 Å². The van der Waals surface area contributed by atoms with Crippen molar-refractivity contribution in [2.75, 3.05) is 106 Å². The predicted molar refractivity (Wildman–Crippen MR) is 295 cm³/mol. The Hall–Kier alpha value is -6.32. The number of esters is 1. The van der Waals surface area contributed by atoms with Crippen LogP contribution in [0.1, 0.15) is 71.1 Å². The molecule has 1 aromatic heterocycles. The molecule has 1 unspecified atom stereocenters. The summed E-state index contributed by atoms with van der Waals surface area (Å²) in [6.45, 7) is 10.8.